The van der Waals surface area contributed by atoms with Crippen molar-refractivity contribution < 1.29 is 33.8 Å². The molecule has 136 valence electrons. The normalized spacial score (nSPS) is 12.6. The highest BCUT2D eigenvalue weighted by atomic mass is 16.5. The molecule has 0 saturated carbocycles. The summed E-state index contributed by atoms with van der Waals surface area (Å²) in [5.41, 5.74) is -0.0208. The van der Waals surface area contributed by atoms with Gasteiger partial charge in [0.1, 0.15) is 11.7 Å². The summed E-state index contributed by atoms with van der Waals surface area (Å²) >= 11 is 0. The minimum atomic E-state index is -1.67. The first-order valence-electron chi connectivity index (χ1n) is 7.67. The van der Waals surface area contributed by atoms with Crippen LogP contribution in [0.15, 0.2) is 24.4 Å². The third-order valence-corrected chi connectivity index (χ3v) is 3.13. The van der Waals surface area contributed by atoms with Gasteiger partial charge in [-0.25, -0.2) is 4.79 Å². The van der Waals surface area contributed by atoms with Crippen molar-refractivity contribution in [2.24, 2.45) is 5.92 Å². The quantitative estimate of drug-likeness (QED) is 0.610. The number of hydrogen-bond donors (Lipinski definition) is 2. The van der Waals surface area contributed by atoms with E-state index in [9.17, 15) is 24.3 Å². The molecule has 2 atom stereocenters. The molecule has 0 aromatic carbocycles. The molecule has 1 aromatic rings. The van der Waals surface area contributed by atoms with Crippen molar-refractivity contribution >= 4 is 23.8 Å². The lowest BCUT2D eigenvalue weighted by Crippen LogP contribution is -2.50. The first-order valence-corrected chi connectivity index (χ1v) is 7.67. The Balaban J connectivity index is 3.01. The predicted molar refractivity (Wildman–Crippen MR) is 84.5 cm³/mol. The molecule has 1 rings (SSSR count). The van der Waals surface area contributed by atoms with Crippen molar-refractivity contribution in [1.29, 1.82) is 0 Å². The van der Waals surface area contributed by atoms with Crippen LogP contribution in [0.1, 0.15) is 30.8 Å². The molecule has 1 aromatic heterocycles. The maximum atomic E-state index is 12.2. The van der Waals surface area contributed by atoms with Crippen molar-refractivity contribution in [3.05, 3.63) is 30.1 Å². The van der Waals surface area contributed by atoms with Gasteiger partial charge in [0.25, 0.3) is 5.91 Å². The van der Waals surface area contributed by atoms with Crippen LogP contribution in [0, 0.1) is 5.92 Å². The third-order valence-electron chi connectivity index (χ3n) is 3.13. The van der Waals surface area contributed by atoms with E-state index in [4.69, 9.17) is 9.47 Å². The van der Waals surface area contributed by atoms with E-state index in [0.29, 0.717) is 0 Å². The van der Waals surface area contributed by atoms with Crippen LogP contribution in [0.4, 0.5) is 0 Å². The number of carbonyl (C=O) groups excluding carboxylic acids is 3. The van der Waals surface area contributed by atoms with Crippen molar-refractivity contribution in [2.45, 2.75) is 26.3 Å². The van der Waals surface area contributed by atoms with Crippen LogP contribution in [0.25, 0.3) is 0 Å². The van der Waals surface area contributed by atoms with Crippen LogP contribution in [0.3, 0.4) is 0 Å². The zero-order valence-corrected chi connectivity index (χ0v) is 13.9. The molecule has 0 unspecified atom stereocenters. The molecule has 1 amide bonds. The standard InChI is InChI=1S/C16H20N2O7/c1-3-24-12(19)9-10(16(23)25-4-2)13(15(21)22)18-14(20)11-7-5-6-8-17-11/h5-8,10,13H,3-4,9H2,1-2H3,(H,18,20)(H,21,22)/t10-,13-/m0/s1. The zero-order valence-electron chi connectivity index (χ0n) is 13.9. The van der Waals surface area contributed by atoms with Crippen LogP contribution < -0.4 is 5.32 Å². The highest BCUT2D eigenvalue weighted by molar-refractivity contribution is 5.96. The van der Waals surface area contributed by atoms with Crippen molar-refractivity contribution in [3.63, 3.8) is 0 Å². The minimum Gasteiger partial charge on any atom is -0.480 e. The SMILES string of the molecule is CCOC(=O)C[C@H](C(=O)OCC)[C@H](NC(=O)c1ccccn1)C(=O)O. The number of amides is 1. The van der Waals surface area contributed by atoms with Crippen LogP contribution in [0.2, 0.25) is 0 Å². The van der Waals surface area contributed by atoms with Gasteiger partial charge in [0, 0.05) is 6.20 Å². The lowest BCUT2D eigenvalue weighted by Gasteiger charge is -2.22. The topological polar surface area (TPSA) is 132 Å². The van der Waals surface area contributed by atoms with Crippen molar-refractivity contribution in [3.8, 4) is 0 Å². The molecule has 0 aliphatic rings. The summed E-state index contributed by atoms with van der Waals surface area (Å²) in [7, 11) is 0. The van der Waals surface area contributed by atoms with E-state index in [2.05, 4.69) is 10.3 Å². The van der Waals surface area contributed by atoms with Crippen LogP contribution in [-0.4, -0.2) is 53.2 Å². The number of carbonyl (C=O) groups is 4. The van der Waals surface area contributed by atoms with Gasteiger partial charge >= 0.3 is 17.9 Å². The molecule has 0 spiro atoms. The van der Waals surface area contributed by atoms with Crippen LogP contribution in [-0.2, 0) is 23.9 Å². The van der Waals surface area contributed by atoms with Crippen LogP contribution >= 0.6 is 0 Å². The number of esters is 2. The number of hydrogen-bond acceptors (Lipinski definition) is 7. The van der Waals surface area contributed by atoms with Gasteiger partial charge in [-0.05, 0) is 26.0 Å². The van der Waals surface area contributed by atoms with E-state index < -0.39 is 42.2 Å². The second kappa shape index (κ2) is 10.0. The van der Waals surface area contributed by atoms with E-state index in [0.717, 1.165) is 0 Å². The Labute approximate surface area is 144 Å². The fourth-order valence-corrected chi connectivity index (χ4v) is 2.03. The Morgan fingerprint density at radius 2 is 1.84 bits per heavy atom. The molecule has 0 bridgehead atoms. The number of pyridine rings is 1. The molecule has 0 saturated heterocycles. The van der Waals surface area contributed by atoms with Gasteiger partial charge in [0.15, 0.2) is 0 Å². The number of rotatable bonds is 9. The monoisotopic (exact) mass is 352 g/mol. The largest absolute Gasteiger partial charge is 0.480 e. The fraction of sp³-hybridized carbons (Fsp3) is 0.438. The number of aliphatic carboxylic acids is 1. The van der Waals surface area contributed by atoms with Gasteiger partial charge in [-0.1, -0.05) is 6.07 Å². The Morgan fingerprint density at radius 3 is 2.36 bits per heavy atom. The summed E-state index contributed by atoms with van der Waals surface area (Å²) in [4.78, 5) is 51.3. The summed E-state index contributed by atoms with van der Waals surface area (Å²) in [6.07, 6.45) is 0.832. The molecule has 25 heavy (non-hydrogen) atoms. The van der Waals surface area contributed by atoms with Gasteiger partial charge in [0.05, 0.1) is 25.6 Å². The van der Waals surface area contributed by atoms with Gasteiger partial charge in [-0.2, -0.15) is 0 Å². The Hall–Kier alpha value is -2.97. The fourth-order valence-electron chi connectivity index (χ4n) is 2.03. The minimum absolute atomic E-state index is 0.00130. The molecular weight excluding hydrogens is 332 g/mol. The second-order valence-corrected chi connectivity index (χ2v) is 4.87. The van der Waals surface area contributed by atoms with E-state index >= 15 is 0 Å². The van der Waals surface area contributed by atoms with Gasteiger partial charge in [0.2, 0.25) is 0 Å². The Bertz CT molecular complexity index is 618. The first-order chi connectivity index (χ1) is 11.9. The number of carboxylic acids is 1. The molecule has 0 radical (unpaired) electrons. The van der Waals surface area contributed by atoms with E-state index in [-0.39, 0.29) is 18.9 Å². The maximum absolute atomic E-state index is 12.2. The van der Waals surface area contributed by atoms with E-state index in [1.807, 2.05) is 0 Å². The van der Waals surface area contributed by atoms with Gasteiger partial charge in [-0.3, -0.25) is 19.4 Å². The van der Waals surface area contributed by atoms with Gasteiger partial charge < -0.3 is 19.9 Å². The molecule has 0 fully saturated rings. The average molecular weight is 352 g/mol. The molecule has 0 aliphatic heterocycles. The first kappa shape index (κ1) is 20.1. The number of carboxylic acid groups (broad SMARTS) is 1. The average Bonchev–Trinajstić information content (AvgIpc) is 2.58. The van der Waals surface area contributed by atoms with E-state index in [1.54, 1.807) is 26.0 Å². The summed E-state index contributed by atoms with van der Waals surface area (Å²) in [6, 6.07) is 2.86. The van der Waals surface area contributed by atoms with Gasteiger partial charge in [-0.15, -0.1) is 0 Å². The highest BCUT2D eigenvalue weighted by Crippen LogP contribution is 2.15. The van der Waals surface area contributed by atoms with Crippen molar-refractivity contribution in [2.75, 3.05) is 13.2 Å². The molecule has 9 nitrogen and oxygen atoms in total. The summed E-state index contributed by atoms with van der Waals surface area (Å²) < 4.78 is 9.58. The second-order valence-electron chi connectivity index (χ2n) is 4.87. The third kappa shape index (κ3) is 6.21. The van der Waals surface area contributed by atoms with E-state index in [1.165, 1.54) is 12.3 Å². The number of nitrogens with zero attached hydrogens (tertiary/aromatic N) is 1. The predicted octanol–water partition coefficient (Wildman–Crippen LogP) is 0.397. The maximum Gasteiger partial charge on any atom is 0.327 e. The number of aromatic nitrogens is 1. The Morgan fingerprint density at radius 1 is 1.16 bits per heavy atom. The number of ether oxygens (including phenoxy) is 2. The summed E-state index contributed by atoms with van der Waals surface area (Å²) in [6.45, 7) is 3.20. The summed E-state index contributed by atoms with van der Waals surface area (Å²) in [5, 5.41) is 11.6. The molecular formula is C16H20N2O7. The molecule has 1 heterocycles. The van der Waals surface area contributed by atoms with Crippen LogP contribution in [0.5, 0.6) is 0 Å². The lowest BCUT2D eigenvalue weighted by atomic mass is 9.95. The number of nitrogens with one attached hydrogen (secondary N) is 1. The Kier molecular flexibility index (Phi) is 8.04. The molecule has 2 N–H and O–H groups in total. The zero-order chi connectivity index (χ0) is 18.8. The molecule has 0 aliphatic carbocycles. The molecule has 9 heteroatoms. The van der Waals surface area contributed by atoms with Crippen molar-refractivity contribution in [1.82, 2.24) is 10.3 Å². The smallest absolute Gasteiger partial charge is 0.327 e. The highest BCUT2D eigenvalue weighted by Gasteiger charge is 2.38. The lowest BCUT2D eigenvalue weighted by molar-refractivity contribution is -0.159. The summed E-state index contributed by atoms with van der Waals surface area (Å²) in [5.74, 6) is -5.37.